The molecule has 0 fully saturated rings. The van der Waals surface area contributed by atoms with Gasteiger partial charge in [0.25, 0.3) is 0 Å². The van der Waals surface area contributed by atoms with Gasteiger partial charge < -0.3 is 15.8 Å². The van der Waals surface area contributed by atoms with Crippen LogP contribution in [0.4, 0.5) is 0 Å². The Labute approximate surface area is 103 Å². The molecule has 2 rings (SSSR count). The van der Waals surface area contributed by atoms with Gasteiger partial charge in [0, 0.05) is 25.8 Å². The Balaban J connectivity index is 1.83. The van der Waals surface area contributed by atoms with Gasteiger partial charge in [-0.05, 0) is 36.9 Å². The highest BCUT2D eigenvalue weighted by atomic mass is 16.5. The highest BCUT2D eigenvalue weighted by Crippen LogP contribution is 2.36. The highest BCUT2D eigenvalue weighted by molar-refractivity contribution is 5.37. The molecule has 17 heavy (non-hydrogen) atoms. The van der Waals surface area contributed by atoms with Crippen molar-refractivity contribution < 1.29 is 4.74 Å². The summed E-state index contributed by atoms with van der Waals surface area (Å²) in [6, 6.07) is 9.13. The molecular weight excluding hydrogens is 212 g/mol. The molecule has 1 aromatic rings. The van der Waals surface area contributed by atoms with Gasteiger partial charge in [0.2, 0.25) is 0 Å². The molecule has 3 nitrogen and oxygen atoms in total. The normalized spacial score (nSPS) is 22.7. The number of benzene rings is 1. The molecule has 3 heteroatoms. The van der Waals surface area contributed by atoms with Gasteiger partial charge in [-0.2, -0.15) is 0 Å². The molecule has 2 unspecified atom stereocenters. The lowest BCUT2D eigenvalue weighted by molar-refractivity contribution is 0.192. The maximum absolute atomic E-state index is 6.13. The molecule has 1 aliphatic rings. The molecule has 3 N–H and O–H groups in total. The average Bonchev–Trinajstić information content (AvgIpc) is 2.67. The summed E-state index contributed by atoms with van der Waals surface area (Å²) in [5.74, 6) is 0. The fourth-order valence-corrected chi connectivity index (χ4v) is 2.51. The van der Waals surface area contributed by atoms with Gasteiger partial charge in [-0.1, -0.05) is 24.3 Å². The van der Waals surface area contributed by atoms with Gasteiger partial charge >= 0.3 is 0 Å². The number of hydrogen-bond acceptors (Lipinski definition) is 3. The molecular formula is C14H22N2O. The summed E-state index contributed by atoms with van der Waals surface area (Å²) in [7, 11) is 1.75. The van der Waals surface area contributed by atoms with Crippen LogP contribution in [0.25, 0.3) is 0 Å². The number of unbranched alkanes of at least 4 members (excludes halogenated alkanes) is 1. The topological polar surface area (TPSA) is 47.3 Å². The standard InChI is InChI=1S/C14H22N2O/c1-17-9-5-4-8-16-14-10-13(15)11-6-2-3-7-12(11)14/h2-3,6-7,13-14,16H,4-5,8-10,15H2,1H3. The molecule has 1 aromatic carbocycles. The van der Waals surface area contributed by atoms with E-state index in [0.29, 0.717) is 6.04 Å². The minimum atomic E-state index is 0.197. The van der Waals surface area contributed by atoms with Crippen molar-refractivity contribution in [2.75, 3.05) is 20.3 Å². The summed E-state index contributed by atoms with van der Waals surface area (Å²) in [5, 5.41) is 3.59. The predicted molar refractivity (Wildman–Crippen MR) is 69.8 cm³/mol. The van der Waals surface area contributed by atoms with E-state index in [1.54, 1.807) is 7.11 Å². The average molecular weight is 234 g/mol. The number of hydrogen-bond donors (Lipinski definition) is 2. The fraction of sp³-hybridized carbons (Fsp3) is 0.571. The largest absolute Gasteiger partial charge is 0.385 e. The minimum absolute atomic E-state index is 0.197. The Hall–Kier alpha value is -0.900. The number of rotatable bonds is 6. The Morgan fingerprint density at radius 2 is 2.06 bits per heavy atom. The summed E-state index contributed by atoms with van der Waals surface area (Å²) in [6.45, 7) is 1.89. The molecule has 0 saturated heterocycles. The zero-order valence-corrected chi connectivity index (χ0v) is 10.5. The summed E-state index contributed by atoms with van der Waals surface area (Å²) in [5.41, 5.74) is 8.82. The highest BCUT2D eigenvalue weighted by Gasteiger charge is 2.27. The molecule has 0 aromatic heterocycles. The van der Waals surface area contributed by atoms with Crippen LogP contribution < -0.4 is 11.1 Å². The van der Waals surface area contributed by atoms with E-state index in [9.17, 15) is 0 Å². The quantitative estimate of drug-likeness (QED) is 0.741. The maximum atomic E-state index is 6.13. The first kappa shape index (κ1) is 12.6. The Kier molecular flexibility index (Phi) is 4.54. The van der Waals surface area contributed by atoms with E-state index in [1.165, 1.54) is 11.1 Å². The van der Waals surface area contributed by atoms with Crippen LogP contribution in [0.15, 0.2) is 24.3 Å². The molecule has 0 saturated carbocycles. The fourth-order valence-electron chi connectivity index (χ4n) is 2.51. The zero-order valence-electron chi connectivity index (χ0n) is 10.5. The van der Waals surface area contributed by atoms with Crippen LogP contribution in [-0.4, -0.2) is 20.3 Å². The molecule has 94 valence electrons. The third kappa shape index (κ3) is 3.06. The van der Waals surface area contributed by atoms with Crippen molar-refractivity contribution in [2.45, 2.75) is 31.3 Å². The van der Waals surface area contributed by atoms with Crippen molar-refractivity contribution >= 4 is 0 Å². The first-order valence-electron chi connectivity index (χ1n) is 6.39. The maximum Gasteiger partial charge on any atom is 0.0462 e. The van der Waals surface area contributed by atoms with E-state index in [1.807, 2.05) is 0 Å². The molecule has 0 heterocycles. The third-order valence-corrected chi connectivity index (χ3v) is 3.43. The molecule has 0 amide bonds. The van der Waals surface area contributed by atoms with Crippen LogP contribution in [0, 0.1) is 0 Å². The van der Waals surface area contributed by atoms with Gasteiger partial charge in [0.15, 0.2) is 0 Å². The molecule has 2 atom stereocenters. The third-order valence-electron chi connectivity index (χ3n) is 3.43. The van der Waals surface area contributed by atoms with E-state index in [-0.39, 0.29) is 6.04 Å². The Morgan fingerprint density at radius 3 is 2.82 bits per heavy atom. The number of methoxy groups -OCH3 is 1. The van der Waals surface area contributed by atoms with Gasteiger partial charge in [-0.15, -0.1) is 0 Å². The first-order chi connectivity index (χ1) is 8.33. The van der Waals surface area contributed by atoms with Crippen molar-refractivity contribution in [1.82, 2.24) is 5.32 Å². The lowest BCUT2D eigenvalue weighted by Crippen LogP contribution is -2.21. The lowest BCUT2D eigenvalue weighted by atomic mass is 10.1. The van der Waals surface area contributed by atoms with Crippen molar-refractivity contribution in [3.8, 4) is 0 Å². The van der Waals surface area contributed by atoms with E-state index < -0.39 is 0 Å². The lowest BCUT2D eigenvalue weighted by Gasteiger charge is -2.13. The molecule has 0 aliphatic heterocycles. The first-order valence-corrected chi connectivity index (χ1v) is 6.39. The second-order valence-corrected chi connectivity index (χ2v) is 4.68. The van der Waals surface area contributed by atoms with Crippen LogP contribution in [0.1, 0.15) is 42.5 Å². The summed E-state index contributed by atoms with van der Waals surface area (Å²) in [4.78, 5) is 0. The zero-order chi connectivity index (χ0) is 12.1. The number of fused-ring (bicyclic) bond motifs is 1. The molecule has 1 aliphatic carbocycles. The monoisotopic (exact) mass is 234 g/mol. The second kappa shape index (κ2) is 6.15. The predicted octanol–water partition coefficient (Wildman–Crippen LogP) is 2.15. The smallest absolute Gasteiger partial charge is 0.0462 e. The number of nitrogens with one attached hydrogen (secondary N) is 1. The van der Waals surface area contributed by atoms with Crippen LogP contribution in [0.2, 0.25) is 0 Å². The van der Waals surface area contributed by atoms with E-state index >= 15 is 0 Å². The SMILES string of the molecule is COCCCCNC1CC(N)c2ccccc21. The van der Waals surface area contributed by atoms with Crippen LogP contribution in [-0.2, 0) is 4.74 Å². The van der Waals surface area contributed by atoms with Gasteiger partial charge in [-0.25, -0.2) is 0 Å². The van der Waals surface area contributed by atoms with Crippen molar-refractivity contribution in [1.29, 1.82) is 0 Å². The summed E-state index contributed by atoms with van der Waals surface area (Å²) >= 11 is 0. The Morgan fingerprint density at radius 1 is 1.29 bits per heavy atom. The number of ether oxygens (including phenoxy) is 1. The van der Waals surface area contributed by atoms with Gasteiger partial charge in [0.1, 0.15) is 0 Å². The number of nitrogens with two attached hydrogens (primary N) is 1. The van der Waals surface area contributed by atoms with Crippen LogP contribution in [0.5, 0.6) is 0 Å². The van der Waals surface area contributed by atoms with E-state index in [0.717, 1.165) is 32.4 Å². The Bertz CT molecular complexity index is 354. The summed E-state index contributed by atoms with van der Waals surface area (Å²) in [6.07, 6.45) is 3.29. The molecule has 0 radical (unpaired) electrons. The van der Waals surface area contributed by atoms with Crippen molar-refractivity contribution in [3.63, 3.8) is 0 Å². The molecule has 0 bridgehead atoms. The van der Waals surface area contributed by atoms with Crippen LogP contribution in [0.3, 0.4) is 0 Å². The van der Waals surface area contributed by atoms with Crippen molar-refractivity contribution in [2.24, 2.45) is 5.73 Å². The minimum Gasteiger partial charge on any atom is -0.385 e. The second-order valence-electron chi connectivity index (χ2n) is 4.68. The summed E-state index contributed by atoms with van der Waals surface area (Å²) < 4.78 is 5.04. The van der Waals surface area contributed by atoms with E-state index in [4.69, 9.17) is 10.5 Å². The van der Waals surface area contributed by atoms with Crippen LogP contribution >= 0.6 is 0 Å². The molecule has 0 spiro atoms. The van der Waals surface area contributed by atoms with Crippen molar-refractivity contribution in [3.05, 3.63) is 35.4 Å². The van der Waals surface area contributed by atoms with Gasteiger partial charge in [0.05, 0.1) is 0 Å². The van der Waals surface area contributed by atoms with E-state index in [2.05, 4.69) is 29.6 Å². The van der Waals surface area contributed by atoms with Gasteiger partial charge in [-0.3, -0.25) is 0 Å².